The number of aryl methyl sites for hydroxylation is 1. The predicted octanol–water partition coefficient (Wildman–Crippen LogP) is 4.94. The van der Waals surface area contributed by atoms with Crippen molar-refractivity contribution in [1.29, 1.82) is 0 Å². The fourth-order valence-corrected chi connectivity index (χ4v) is 2.41. The number of nitrogens with zero attached hydrogens (tertiary/aromatic N) is 2. The molecule has 6 heteroatoms. The minimum Gasteiger partial charge on any atom is -0.492 e. The molecule has 0 spiro atoms. The standard InChI is InChI=1S/C15H15Cl2FN2O/c1-3-5-21-13-6-9(11(18)7-10(13)16)15-14(17)12(4-2)19-8-20-15/h6-8H,3-5H2,1-2H3. The summed E-state index contributed by atoms with van der Waals surface area (Å²) in [5.41, 5.74) is 1.28. The third kappa shape index (κ3) is 3.44. The molecule has 0 aliphatic heterocycles. The molecule has 112 valence electrons. The number of hydrogen-bond donors (Lipinski definition) is 0. The van der Waals surface area contributed by atoms with E-state index in [-0.39, 0.29) is 10.6 Å². The van der Waals surface area contributed by atoms with Gasteiger partial charge < -0.3 is 4.74 Å². The first kappa shape index (κ1) is 16.0. The van der Waals surface area contributed by atoms with Crippen LogP contribution in [0.15, 0.2) is 18.5 Å². The number of hydrogen-bond acceptors (Lipinski definition) is 3. The second-order valence-electron chi connectivity index (χ2n) is 4.45. The van der Waals surface area contributed by atoms with Crippen LogP contribution in [-0.2, 0) is 6.42 Å². The Labute approximate surface area is 133 Å². The van der Waals surface area contributed by atoms with Gasteiger partial charge in [0.15, 0.2) is 0 Å². The number of aromatic nitrogens is 2. The highest BCUT2D eigenvalue weighted by Crippen LogP contribution is 2.36. The Morgan fingerprint density at radius 2 is 1.95 bits per heavy atom. The van der Waals surface area contributed by atoms with Crippen LogP contribution in [0, 0.1) is 5.82 Å². The van der Waals surface area contributed by atoms with Crippen molar-refractivity contribution in [3.63, 3.8) is 0 Å². The molecule has 0 aliphatic carbocycles. The summed E-state index contributed by atoms with van der Waals surface area (Å²) in [5.74, 6) is -0.0749. The molecule has 1 aromatic heterocycles. The average molecular weight is 329 g/mol. The van der Waals surface area contributed by atoms with Gasteiger partial charge in [-0.3, -0.25) is 0 Å². The first-order valence-corrected chi connectivity index (χ1v) is 7.45. The van der Waals surface area contributed by atoms with Gasteiger partial charge in [-0.15, -0.1) is 0 Å². The largest absolute Gasteiger partial charge is 0.492 e. The third-order valence-corrected chi connectivity index (χ3v) is 3.63. The number of ether oxygens (including phenoxy) is 1. The molecule has 0 saturated carbocycles. The fourth-order valence-electron chi connectivity index (χ4n) is 1.87. The molecule has 0 bridgehead atoms. The molecule has 2 rings (SSSR count). The molecule has 3 nitrogen and oxygen atoms in total. The normalized spacial score (nSPS) is 10.7. The van der Waals surface area contributed by atoms with Gasteiger partial charge in [-0.25, -0.2) is 14.4 Å². The SMILES string of the molecule is CCCOc1cc(-c2ncnc(CC)c2Cl)c(F)cc1Cl. The van der Waals surface area contributed by atoms with Crippen molar-refractivity contribution in [3.05, 3.63) is 40.0 Å². The van der Waals surface area contributed by atoms with Gasteiger partial charge in [0.05, 0.1) is 28.0 Å². The van der Waals surface area contributed by atoms with E-state index in [0.29, 0.717) is 35.2 Å². The maximum atomic E-state index is 14.2. The molecule has 0 unspecified atom stereocenters. The molecular weight excluding hydrogens is 314 g/mol. The molecule has 0 aliphatic rings. The maximum Gasteiger partial charge on any atom is 0.138 e. The molecule has 0 fully saturated rings. The van der Waals surface area contributed by atoms with Crippen molar-refractivity contribution < 1.29 is 9.13 Å². The zero-order chi connectivity index (χ0) is 15.4. The van der Waals surface area contributed by atoms with Gasteiger partial charge in [-0.1, -0.05) is 37.0 Å². The maximum absolute atomic E-state index is 14.2. The van der Waals surface area contributed by atoms with Crippen LogP contribution in [-0.4, -0.2) is 16.6 Å². The Kier molecular flexibility index (Phi) is 5.37. The van der Waals surface area contributed by atoms with Crippen molar-refractivity contribution >= 4 is 23.2 Å². The molecule has 0 atom stereocenters. The van der Waals surface area contributed by atoms with Gasteiger partial charge in [0.25, 0.3) is 0 Å². The van der Waals surface area contributed by atoms with Crippen molar-refractivity contribution in [1.82, 2.24) is 9.97 Å². The molecule has 1 heterocycles. The molecular formula is C15H15Cl2FN2O. The molecule has 1 aromatic carbocycles. The van der Waals surface area contributed by atoms with E-state index in [4.69, 9.17) is 27.9 Å². The van der Waals surface area contributed by atoms with E-state index in [1.165, 1.54) is 18.5 Å². The number of benzene rings is 1. The highest BCUT2D eigenvalue weighted by molar-refractivity contribution is 6.34. The minimum atomic E-state index is -0.494. The monoisotopic (exact) mass is 328 g/mol. The fraction of sp³-hybridized carbons (Fsp3) is 0.333. The zero-order valence-electron chi connectivity index (χ0n) is 11.8. The van der Waals surface area contributed by atoms with Crippen LogP contribution in [0.3, 0.4) is 0 Å². The van der Waals surface area contributed by atoms with Gasteiger partial charge in [-0.2, -0.15) is 0 Å². The van der Waals surface area contributed by atoms with Gasteiger partial charge >= 0.3 is 0 Å². The van der Waals surface area contributed by atoms with Crippen LogP contribution in [0.1, 0.15) is 26.0 Å². The molecule has 21 heavy (non-hydrogen) atoms. The highest BCUT2D eigenvalue weighted by atomic mass is 35.5. The van der Waals surface area contributed by atoms with Crippen LogP contribution in [0.5, 0.6) is 5.75 Å². The van der Waals surface area contributed by atoms with Gasteiger partial charge in [0.1, 0.15) is 17.9 Å². The first-order valence-electron chi connectivity index (χ1n) is 6.70. The van der Waals surface area contributed by atoms with Crippen molar-refractivity contribution in [3.8, 4) is 17.0 Å². The highest BCUT2D eigenvalue weighted by Gasteiger charge is 2.17. The zero-order valence-corrected chi connectivity index (χ0v) is 13.3. The first-order chi connectivity index (χ1) is 10.1. The van der Waals surface area contributed by atoms with Crippen molar-refractivity contribution in [2.75, 3.05) is 6.61 Å². The lowest BCUT2D eigenvalue weighted by Crippen LogP contribution is -1.99. The lowest BCUT2D eigenvalue weighted by Gasteiger charge is -2.12. The molecule has 0 saturated heterocycles. The lowest BCUT2D eigenvalue weighted by molar-refractivity contribution is 0.317. The molecule has 0 radical (unpaired) electrons. The Morgan fingerprint density at radius 1 is 1.19 bits per heavy atom. The summed E-state index contributed by atoms with van der Waals surface area (Å²) >= 11 is 12.2. The van der Waals surface area contributed by atoms with E-state index < -0.39 is 5.82 Å². The van der Waals surface area contributed by atoms with Gasteiger partial charge in [0.2, 0.25) is 0 Å². The van der Waals surface area contributed by atoms with Crippen molar-refractivity contribution in [2.24, 2.45) is 0 Å². The minimum absolute atomic E-state index is 0.227. The molecule has 2 aromatic rings. The molecule has 0 N–H and O–H groups in total. The van der Waals surface area contributed by atoms with E-state index in [1.54, 1.807) is 0 Å². The predicted molar refractivity (Wildman–Crippen MR) is 82.6 cm³/mol. The van der Waals surface area contributed by atoms with Crippen LogP contribution < -0.4 is 4.74 Å². The smallest absolute Gasteiger partial charge is 0.138 e. The van der Waals surface area contributed by atoms with Crippen LogP contribution in [0.4, 0.5) is 4.39 Å². The summed E-state index contributed by atoms with van der Waals surface area (Å²) in [7, 11) is 0. The van der Waals surface area contributed by atoms with Crippen LogP contribution in [0.25, 0.3) is 11.3 Å². The van der Waals surface area contributed by atoms with E-state index in [0.717, 1.165) is 6.42 Å². The Morgan fingerprint density at radius 3 is 2.62 bits per heavy atom. The second-order valence-corrected chi connectivity index (χ2v) is 5.23. The lowest BCUT2D eigenvalue weighted by atomic mass is 10.1. The summed E-state index contributed by atoms with van der Waals surface area (Å²) in [6, 6.07) is 2.74. The summed E-state index contributed by atoms with van der Waals surface area (Å²) in [4.78, 5) is 8.17. The van der Waals surface area contributed by atoms with E-state index in [1.807, 2.05) is 13.8 Å². The van der Waals surface area contributed by atoms with Gasteiger partial charge in [-0.05, 0) is 25.0 Å². The summed E-state index contributed by atoms with van der Waals surface area (Å²) in [6.07, 6.45) is 2.85. The molecule has 0 amide bonds. The van der Waals surface area contributed by atoms with Crippen LogP contribution >= 0.6 is 23.2 Å². The third-order valence-electron chi connectivity index (χ3n) is 2.93. The Hall–Kier alpha value is -1.39. The topological polar surface area (TPSA) is 35.0 Å². The summed E-state index contributed by atoms with van der Waals surface area (Å²) in [5, 5.41) is 0.577. The Bertz CT molecular complexity index is 650. The summed E-state index contributed by atoms with van der Waals surface area (Å²) < 4.78 is 19.7. The van der Waals surface area contributed by atoms with Gasteiger partial charge in [0, 0.05) is 5.56 Å². The van der Waals surface area contributed by atoms with E-state index >= 15 is 0 Å². The van der Waals surface area contributed by atoms with Crippen molar-refractivity contribution in [2.45, 2.75) is 26.7 Å². The van der Waals surface area contributed by atoms with E-state index in [2.05, 4.69) is 9.97 Å². The summed E-state index contributed by atoms with van der Waals surface area (Å²) in [6.45, 7) is 4.40. The van der Waals surface area contributed by atoms with E-state index in [9.17, 15) is 4.39 Å². The average Bonchev–Trinajstić information content (AvgIpc) is 2.47. The van der Waals surface area contributed by atoms with Crippen LogP contribution in [0.2, 0.25) is 10.0 Å². The quantitative estimate of drug-likeness (QED) is 0.779. The number of rotatable bonds is 5. The number of halogens is 3. The Balaban J connectivity index is 2.53. The second kappa shape index (κ2) is 7.05.